The van der Waals surface area contributed by atoms with Gasteiger partial charge in [0.1, 0.15) is 0 Å². The van der Waals surface area contributed by atoms with E-state index in [4.69, 9.17) is 14.2 Å². The Bertz CT molecular complexity index is 151. The molecule has 1 fully saturated rings. The van der Waals surface area contributed by atoms with E-state index in [2.05, 4.69) is 20.8 Å². The molecule has 84 valence electrons. The van der Waals surface area contributed by atoms with Crippen LogP contribution in [0.1, 0.15) is 46.5 Å². The fourth-order valence-electron chi connectivity index (χ4n) is 1.57. The van der Waals surface area contributed by atoms with Crippen LogP contribution in [0.5, 0.6) is 0 Å². The van der Waals surface area contributed by atoms with Crippen LogP contribution >= 0.6 is 0 Å². The van der Waals surface area contributed by atoms with E-state index in [-0.39, 0.29) is 6.10 Å². The zero-order valence-electron chi connectivity index (χ0n) is 9.54. The highest BCUT2D eigenvalue weighted by atomic mass is 16.9. The average molecular weight is 202 g/mol. The van der Waals surface area contributed by atoms with Gasteiger partial charge in [0, 0.05) is 6.42 Å². The van der Waals surface area contributed by atoms with E-state index < -0.39 is 5.97 Å². The van der Waals surface area contributed by atoms with Crippen molar-refractivity contribution in [2.24, 2.45) is 0 Å². The second-order valence-electron chi connectivity index (χ2n) is 3.85. The summed E-state index contributed by atoms with van der Waals surface area (Å²) in [6.45, 7) is 7.65. The Morgan fingerprint density at radius 3 is 2.14 bits per heavy atom. The van der Waals surface area contributed by atoms with Crippen LogP contribution in [0.4, 0.5) is 0 Å². The second kappa shape index (κ2) is 5.69. The monoisotopic (exact) mass is 202 g/mol. The number of ether oxygens (including phenoxy) is 3. The first-order valence-corrected chi connectivity index (χ1v) is 5.68. The summed E-state index contributed by atoms with van der Waals surface area (Å²) in [5.41, 5.74) is 0. The van der Waals surface area contributed by atoms with Crippen molar-refractivity contribution in [2.45, 2.75) is 58.5 Å². The van der Waals surface area contributed by atoms with Gasteiger partial charge in [0.2, 0.25) is 0 Å². The Morgan fingerprint density at radius 2 is 1.79 bits per heavy atom. The zero-order valence-corrected chi connectivity index (χ0v) is 9.54. The largest absolute Gasteiger partial charge is 0.327 e. The Hall–Kier alpha value is -0.120. The molecule has 0 spiro atoms. The van der Waals surface area contributed by atoms with Crippen LogP contribution in [-0.2, 0) is 14.2 Å². The molecule has 1 atom stereocenters. The van der Waals surface area contributed by atoms with Gasteiger partial charge in [-0.25, -0.2) is 0 Å². The number of rotatable bonds is 6. The molecule has 0 aromatic heterocycles. The minimum absolute atomic E-state index is 0.253. The maximum atomic E-state index is 5.71. The topological polar surface area (TPSA) is 27.7 Å². The van der Waals surface area contributed by atoms with Crippen molar-refractivity contribution in [3.63, 3.8) is 0 Å². The maximum Gasteiger partial charge on any atom is 0.283 e. The van der Waals surface area contributed by atoms with Gasteiger partial charge in [0.05, 0.1) is 19.3 Å². The number of hydrogen-bond donors (Lipinski definition) is 0. The molecule has 1 rings (SSSR count). The van der Waals surface area contributed by atoms with E-state index in [1.807, 2.05) is 0 Å². The fraction of sp³-hybridized carbons (Fsp3) is 1.00. The number of hydrogen-bond acceptors (Lipinski definition) is 3. The van der Waals surface area contributed by atoms with Crippen LogP contribution in [0.2, 0.25) is 0 Å². The molecule has 14 heavy (non-hydrogen) atoms. The van der Waals surface area contributed by atoms with Gasteiger partial charge in [-0.1, -0.05) is 13.8 Å². The smallest absolute Gasteiger partial charge is 0.283 e. The van der Waals surface area contributed by atoms with Crippen molar-refractivity contribution >= 4 is 0 Å². The molecular weight excluding hydrogens is 180 g/mol. The molecule has 0 aliphatic carbocycles. The lowest BCUT2D eigenvalue weighted by molar-refractivity contribution is -0.369. The van der Waals surface area contributed by atoms with Crippen molar-refractivity contribution < 1.29 is 14.2 Å². The highest BCUT2D eigenvalue weighted by molar-refractivity contribution is 4.71. The molecular formula is C11H22O3. The third kappa shape index (κ3) is 3.23. The summed E-state index contributed by atoms with van der Waals surface area (Å²) in [5.74, 6) is -0.731. The Balaban J connectivity index is 2.42. The van der Waals surface area contributed by atoms with Crippen molar-refractivity contribution in [3.8, 4) is 0 Å². The van der Waals surface area contributed by atoms with Gasteiger partial charge < -0.3 is 14.2 Å². The van der Waals surface area contributed by atoms with Gasteiger partial charge in [-0.15, -0.1) is 0 Å². The molecule has 1 aliphatic rings. The first-order valence-electron chi connectivity index (χ1n) is 5.68. The molecule has 3 heteroatoms. The Kier molecular flexibility index (Phi) is 4.85. The van der Waals surface area contributed by atoms with Gasteiger partial charge in [-0.3, -0.25) is 0 Å². The van der Waals surface area contributed by atoms with Crippen molar-refractivity contribution in [3.05, 3.63) is 0 Å². The minimum atomic E-state index is -0.731. The molecule has 1 aliphatic heterocycles. The van der Waals surface area contributed by atoms with Gasteiger partial charge in [-0.2, -0.15) is 0 Å². The summed E-state index contributed by atoms with van der Waals surface area (Å²) in [5, 5.41) is 0. The second-order valence-corrected chi connectivity index (χ2v) is 3.85. The Morgan fingerprint density at radius 1 is 1.21 bits per heavy atom. The summed E-state index contributed by atoms with van der Waals surface area (Å²) in [4.78, 5) is 0. The first kappa shape index (κ1) is 12.0. The lowest BCUT2D eigenvalue weighted by Gasteiger charge is -2.28. The maximum absolute atomic E-state index is 5.71. The lowest BCUT2D eigenvalue weighted by atomic mass is 10.2. The molecule has 0 bridgehead atoms. The van der Waals surface area contributed by atoms with Crippen LogP contribution in [0.25, 0.3) is 0 Å². The summed E-state index contributed by atoms with van der Waals surface area (Å²) < 4.78 is 17.0. The van der Waals surface area contributed by atoms with Crippen LogP contribution < -0.4 is 0 Å². The van der Waals surface area contributed by atoms with E-state index in [1.165, 1.54) is 0 Å². The van der Waals surface area contributed by atoms with E-state index in [1.54, 1.807) is 0 Å². The molecule has 0 N–H and O–H groups in total. The minimum Gasteiger partial charge on any atom is -0.327 e. The predicted octanol–water partition coefficient (Wildman–Crippen LogP) is 2.69. The van der Waals surface area contributed by atoms with Gasteiger partial charge in [-0.05, 0) is 26.2 Å². The third-order valence-corrected chi connectivity index (χ3v) is 2.29. The molecule has 1 heterocycles. The Labute approximate surface area is 86.7 Å². The SMILES string of the molecule is CCCOC1(OCCC)CCC(C)O1. The summed E-state index contributed by atoms with van der Waals surface area (Å²) in [7, 11) is 0. The van der Waals surface area contributed by atoms with E-state index in [9.17, 15) is 0 Å². The van der Waals surface area contributed by atoms with Gasteiger partial charge in [0.15, 0.2) is 0 Å². The van der Waals surface area contributed by atoms with Crippen LogP contribution in [0, 0.1) is 0 Å². The fourth-order valence-corrected chi connectivity index (χ4v) is 1.57. The normalized spacial score (nSPS) is 25.5. The zero-order chi connectivity index (χ0) is 10.4. The lowest BCUT2D eigenvalue weighted by Crippen LogP contribution is -2.36. The molecule has 0 radical (unpaired) electrons. The first-order chi connectivity index (χ1) is 6.72. The summed E-state index contributed by atoms with van der Waals surface area (Å²) >= 11 is 0. The van der Waals surface area contributed by atoms with E-state index >= 15 is 0 Å². The highest BCUT2D eigenvalue weighted by Crippen LogP contribution is 2.32. The third-order valence-electron chi connectivity index (χ3n) is 2.29. The van der Waals surface area contributed by atoms with E-state index in [0.717, 1.165) is 25.7 Å². The van der Waals surface area contributed by atoms with Crippen molar-refractivity contribution in [1.29, 1.82) is 0 Å². The van der Waals surface area contributed by atoms with Crippen molar-refractivity contribution in [2.75, 3.05) is 13.2 Å². The molecule has 3 nitrogen and oxygen atoms in total. The standard InChI is InChI=1S/C11H22O3/c1-4-8-12-11(13-9-5-2)7-6-10(3)14-11/h10H,4-9H2,1-3H3. The summed E-state index contributed by atoms with van der Waals surface area (Å²) in [6, 6.07) is 0. The van der Waals surface area contributed by atoms with Crippen LogP contribution in [0.15, 0.2) is 0 Å². The van der Waals surface area contributed by atoms with Crippen molar-refractivity contribution in [1.82, 2.24) is 0 Å². The average Bonchev–Trinajstić information content (AvgIpc) is 2.55. The molecule has 0 aromatic carbocycles. The molecule has 0 amide bonds. The van der Waals surface area contributed by atoms with Crippen LogP contribution in [-0.4, -0.2) is 25.3 Å². The van der Waals surface area contributed by atoms with Gasteiger partial charge in [0.25, 0.3) is 5.97 Å². The predicted molar refractivity (Wildman–Crippen MR) is 55.0 cm³/mol. The van der Waals surface area contributed by atoms with Crippen LogP contribution in [0.3, 0.4) is 0 Å². The summed E-state index contributed by atoms with van der Waals surface area (Å²) in [6.07, 6.45) is 4.12. The van der Waals surface area contributed by atoms with Gasteiger partial charge >= 0.3 is 0 Å². The van der Waals surface area contributed by atoms with E-state index in [0.29, 0.717) is 13.2 Å². The molecule has 1 unspecified atom stereocenters. The highest BCUT2D eigenvalue weighted by Gasteiger charge is 2.40. The molecule has 1 saturated heterocycles. The molecule has 0 saturated carbocycles. The quantitative estimate of drug-likeness (QED) is 0.620. The molecule has 0 aromatic rings.